The molecule has 4 rings (SSSR count). The van der Waals surface area contributed by atoms with Crippen LogP contribution in [0, 0.1) is 0 Å². The smallest absolute Gasteiger partial charge is 0.175 e. The Morgan fingerprint density at radius 1 is 1.07 bits per heavy atom. The van der Waals surface area contributed by atoms with E-state index in [4.69, 9.17) is 40.2 Å². The lowest BCUT2D eigenvalue weighted by Gasteiger charge is -2.15. The SMILES string of the molecule is COc1ccc(-c2cnc3[nH]ccc3n2)cc1NC(=S)Nc1cc(Cl)cc(Cl)c1. The predicted molar refractivity (Wildman–Crippen MR) is 122 cm³/mol. The van der Waals surface area contributed by atoms with Gasteiger partial charge < -0.3 is 20.4 Å². The minimum absolute atomic E-state index is 0.367. The van der Waals surface area contributed by atoms with E-state index in [1.165, 1.54) is 0 Å². The van der Waals surface area contributed by atoms with Crippen LogP contribution in [-0.2, 0) is 0 Å². The summed E-state index contributed by atoms with van der Waals surface area (Å²) >= 11 is 17.5. The van der Waals surface area contributed by atoms with E-state index in [2.05, 4.69) is 25.6 Å². The number of fused-ring (bicyclic) bond motifs is 1. The van der Waals surface area contributed by atoms with E-state index in [1.807, 2.05) is 30.5 Å². The largest absolute Gasteiger partial charge is 0.495 e. The molecule has 0 atom stereocenters. The molecule has 0 bridgehead atoms. The highest BCUT2D eigenvalue weighted by Crippen LogP contribution is 2.30. The van der Waals surface area contributed by atoms with E-state index in [1.54, 1.807) is 31.5 Å². The number of ether oxygens (including phenoxy) is 1. The lowest BCUT2D eigenvalue weighted by Crippen LogP contribution is -2.19. The fourth-order valence-corrected chi connectivity index (χ4v) is 3.60. The maximum atomic E-state index is 6.04. The first-order chi connectivity index (χ1) is 14.0. The maximum Gasteiger partial charge on any atom is 0.175 e. The molecule has 0 radical (unpaired) electrons. The van der Waals surface area contributed by atoms with Crippen LogP contribution in [-0.4, -0.2) is 27.2 Å². The van der Waals surface area contributed by atoms with Gasteiger partial charge in [0.2, 0.25) is 0 Å². The van der Waals surface area contributed by atoms with Gasteiger partial charge in [0.15, 0.2) is 10.8 Å². The highest BCUT2D eigenvalue weighted by Gasteiger charge is 2.10. The number of rotatable bonds is 4. The second kappa shape index (κ2) is 8.24. The van der Waals surface area contributed by atoms with E-state index in [-0.39, 0.29) is 0 Å². The molecule has 0 saturated carbocycles. The molecule has 0 spiro atoms. The average Bonchev–Trinajstić information content (AvgIpc) is 3.14. The standard InChI is InChI=1S/C20H15Cl2N5OS/c1-28-18-3-2-11(17-10-24-19-15(26-17)4-5-23-19)6-16(18)27-20(29)25-14-8-12(21)7-13(22)9-14/h2-10H,1H3,(H,23,24)(H2,25,27,29). The summed E-state index contributed by atoms with van der Waals surface area (Å²) in [6.45, 7) is 0. The number of aromatic amines is 1. The molecule has 0 aliphatic rings. The first-order valence-electron chi connectivity index (χ1n) is 8.54. The molecule has 2 aromatic carbocycles. The number of halogens is 2. The monoisotopic (exact) mass is 443 g/mol. The molecule has 0 fully saturated rings. The summed E-state index contributed by atoms with van der Waals surface area (Å²) in [4.78, 5) is 12.1. The Balaban J connectivity index is 1.60. The summed E-state index contributed by atoms with van der Waals surface area (Å²) in [5, 5.41) is 7.61. The molecule has 146 valence electrons. The van der Waals surface area contributed by atoms with Gasteiger partial charge in [-0.2, -0.15) is 0 Å². The van der Waals surface area contributed by atoms with E-state index in [0.29, 0.717) is 32.3 Å². The third kappa shape index (κ3) is 4.42. The summed E-state index contributed by atoms with van der Waals surface area (Å²) in [7, 11) is 1.60. The second-order valence-electron chi connectivity index (χ2n) is 6.12. The van der Waals surface area contributed by atoms with E-state index >= 15 is 0 Å². The minimum atomic E-state index is 0.367. The number of hydrogen-bond acceptors (Lipinski definition) is 4. The van der Waals surface area contributed by atoms with E-state index in [9.17, 15) is 0 Å². The summed E-state index contributed by atoms with van der Waals surface area (Å²) < 4.78 is 5.45. The van der Waals surface area contributed by atoms with Gasteiger partial charge in [0.25, 0.3) is 0 Å². The molecular weight excluding hydrogens is 429 g/mol. The zero-order valence-corrected chi connectivity index (χ0v) is 17.5. The molecule has 3 N–H and O–H groups in total. The van der Waals surface area contributed by atoms with Gasteiger partial charge in [0, 0.05) is 27.5 Å². The zero-order chi connectivity index (χ0) is 20.4. The van der Waals surface area contributed by atoms with Crippen LogP contribution >= 0.6 is 35.4 Å². The van der Waals surface area contributed by atoms with Gasteiger partial charge in [0.05, 0.1) is 24.7 Å². The van der Waals surface area contributed by atoms with Crippen molar-refractivity contribution >= 4 is 63.1 Å². The molecule has 2 heterocycles. The Labute approximate surface area is 182 Å². The number of anilines is 2. The fourth-order valence-electron chi connectivity index (χ4n) is 2.85. The molecule has 0 aliphatic carbocycles. The Morgan fingerprint density at radius 3 is 2.62 bits per heavy atom. The lowest BCUT2D eigenvalue weighted by molar-refractivity contribution is 0.417. The number of nitrogens with zero attached hydrogens (tertiary/aromatic N) is 2. The van der Waals surface area contributed by atoms with Crippen LogP contribution in [0.25, 0.3) is 22.4 Å². The molecule has 0 saturated heterocycles. The molecule has 4 aromatic rings. The summed E-state index contributed by atoms with van der Waals surface area (Å²) in [5.74, 6) is 0.637. The van der Waals surface area contributed by atoms with Gasteiger partial charge in [-0.15, -0.1) is 0 Å². The minimum Gasteiger partial charge on any atom is -0.495 e. The van der Waals surface area contributed by atoms with Gasteiger partial charge in [-0.25, -0.2) is 9.97 Å². The Hall–Kier alpha value is -2.87. The molecule has 9 heteroatoms. The van der Waals surface area contributed by atoms with Crippen LogP contribution in [0.4, 0.5) is 11.4 Å². The van der Waals surface area contributed by atoms with Crippen LogP contribution in [0.1, 0.15) is 0 Å². The molecule has 6 nitrogen and oxygen atoms in total. The molecular formula is C20H15Cl2N5OS. The van der Waals surface area contributed by atoms with Gasteiger partial charge in [-0.1, -0.05) is 23.2 Å². The summed E-state index contributed by atoms with van der Waals surface area (Å²) in [6.07, 6.45) is 3.52. The number of thiocarbonyl (C=S) groups is 1. The number of aromatic nitrogens is 3. The van der Waals surface area contributed by atoms with Crippen molar-refractivity contribution in [1.29, 1.82) is 0 Å². The van der Waals surface area contributed by atoms with E-state index in [0.717, 1.165) is 22.4 Å². The van der Waals surface area contributed by atoms with Gasteiger partial charge in [0.1, 0.15) is 11.3 Å². The second-order valence-corrected chi connectivity index (χ2v) is 7.40. The van der Waals surface area contributed by atoms with Crippen molar-refractivity contribution in [1.82, 2.24) is 15.0 Å². The van der Waals surface area contributed by atoms with Crippen molar-refractivity contribution in [2.24, 2.45) is 0 Å². The Morgan fingerprint density at radius 2 is 1.86 bits per heavy atom. The molecule has 0 aliphatic heterocycles. The van der Waals surface area contributed by atoms with Crippen molar-refractivity contribution in [3.8, 4) is 17.0 Å². The number of H-pyrrole nitrogens is 1. The van der Waals surface area contributed by atoms with Crippen molar-refractivity contribution < 1.29 is 4.74 Å². The van der Waals surface area contributed by atoms with Crippen molar-refractivity contribution in [2.75, 3.05) is 17.7 Å². The van der Waals surface area contributed by atoms with Crippen LogP contribution in [0.5, 0.6) is 5.75 Å². The number of methoxy groups -OCH3 is 1. The quantitative estimate of drug-likeness (QED) is 0.348. The maximum absolute atomic E-state index is 6.04. The van der Waals surface area contributed by atoms with Crippen LogP contribution in [0.3, 0.4) is 0 Å². The number of nitrogens with one attached hydrogen (secondary N) is 3. The summed E-state index contributed by atoms with van der Waals surface area (Å²) in [5.41, 5.74) is 4.51. The molecule has 2 aromatic heterocycles. The average molecular weight is 444 g/mol. The summed E-state index contributed by atoms with van der Waals surface area (Å²) in [6, 6.07) is 12.7. The zero-order valence-electron chi connectivity index (χ0n) is 15.2. The first kappa shape index (κ1) is 19.4. The lowest BCUT2D eigenvalue weighted by atomic mass is 10.1. The van der Waals surface area contributed by atoms with Gasteiger partial charge in [-0.3, -0.25) is 0 Å². The predicted octanol–water partition coefficient (Wildman–Crippen LogP) is 5.75. The van der Waals surface area contributed by atoms with E-state index < -0.39 is 0 Å². The highest BCUT2D eigenvalue weighted by atomic mass is 35.5. The van der Waals surface area contributed by atoms with Crippen LogP contribution in [0.15, 0.2) is 54.9 Å². The van der Waals surface area contributed by atoms with Crippen LogP contribution < -0.4 is 15.4 Å². The van der Waals surface area contributed by atoms with Crippen molar-refractivity contribution in [3.05, 3.63) is 64.9 Å². The van der Waals surface area contributed by atoms with Gasteiger partial charge in [-0.05, 0) is 54.7 Å². The first-order valence-corrected chi connectivity index (χ1v) is 9.71. The highest BCUT2D eigenvalue weighted by molar-refractivity contribution is 7.80. The Bertz CT molecular complexity index is 1190. The molecule has 0 unspecified atom stereocenters. The normalized spacial score (nSPS) is 10.7. The molecule has 29 heavy (non-hydrogen) atoms. The fraction of sp³-hybridized carbons (Fsp3) is 0.0500. The van der Waals surface area contributed by atoms with Gasteiger partial charge >= 0.3 is 0 Å². The Kier molecular flexibility index (Phi) is 5.53. The topological polar surface area (TPSA) is 74.9 Å². The number of hydrogen-bond donors (Lipinski definition) is 3. The third-order valence-corrected chi connectivity index (χ3v) is 4.77. The third-order valence-electron chi connectivity index (χ3n) is 4.12. The molecule has 0 amide bonds. The van der Waals surface area contributed by atoms with Crippen molar-refractivity contribution in [3.63, 3.8) is 0 Å². The van der Waals surface area contributed by atoms with Crippen LogP contribution in [0.2, 0.25) is 10.0 Å². The van der Waals surface area contributed by atoms with Crippen molar-refractivity contribution in [2.45, 2.75) is 0 Å². The number of benzene rings is 2.